The van der Waals surface area contributed by atoms with E-state index >= 15 is 0 Å². The van der Waals surface area contributed by atoms with E-state index in [1.807, 2.05) is 0 Å². The molecule has 0 bridgehead atoms. The van der Waals surface area contributed by atoms with Crippen LogP contribution in [0.5, 0.6) is 11.5 Å². The second-order valence-corrected chi connectivity index (χ2v) is 4.18. The highest BCUT2D eigenvalue weighted by molar-refractivity contribution is 5.99. The Morgan fingerprint density at radius 1 is 1.35 bits per heavy atom. The average molecular weight is 282 g/mol. The Morgan fingerprint density at radius 2 is 2.05 bits per heavy atom. The molecule has 1 unspecified atom stereocenters. The Balaban J connectivity index is 2.61. The zero-order valence-corrected chi connectivity index (χ0v) is 11.3. The van der Waals surface area contributed by atoms with Crippen LogP contribution in [0.25, 0.3) is 0 Å². The summed E-state index contributed by atoms with van der Waals surface area (Å²) in [5.41, 5.74) is -0.0958. The highest BCUT2D eigenvalue weighted by Crippen LogP contribution is 2.21. The molecule has 4 N–H and O–H groups in total. The van der Waals surface area contributed by atoms with Crippen LogP contribution in [0.4, 0.5) is 0 Å². The summed E-state index contributed by atoms with van der Waals surface area (Å²) in [6.07, 6.45) is 0. The number of carbonyl (C=O) groups is 2. The summed E-state index contributed by atoms with van der Waals surface area (Å²) in [6.45, 7) is 2.23. The number of benzene rings is 1. The van der Waals surface area contributed by atoms with Crippen molar-refractivity contribution < 1.29 is 24.5 Å². The molecule has 110 valence electrons. The predicted molar refractivity (Wildman–Crippen MR) is 71.6 cm³/mol. The van der Waals surface area contributed by atoms with Crippen LogP contribution in [-0.2, 0) is 9.53 Å². The van der Waals surface area contributed by atoms with Gasteiger partial charge in [-0.1, -0.05) is 0 Å². The van der Waals surface area contributed by atoms with E-state index in [0.717, 1.165) is 6.07 Å². The third kappa shape index (κ3) is 4.43. The van der Waals surface area contributed by atoms with Gasteiger partial charge in [-0.15, -0.1) is 0 Å². The van der Waals surface area contributed by atoms with E-state index in [0.29, 0.717) is 13.2 Å². The van der Waals surface area contributed by atoms with Crippen molar-refractivity contribution in [1.82, 2.24) is 10.6 Å². The molecule has 1 aromatic carbocycles. The zero-order chi connectivity index (χ0) is 15.1. The van der Waals surface area contributed by atoms with Crippen molar-refractivity contribution >= 4 is 11.8 Å². The number of ether oxygens (including phenoxy) is 1. The molecule has 1 aromatic rings. The molecule has 0 saturated heterocycles. The van der Waals surface area contributed by atoms with Crippen molar-refractivity contribution in [3.05, 3.63) is 23.8 Å². The van der Waals surface area contributed by atoms with Crippen LogP contribution in [0.3, 0.4) is 0 Å². The molecule has 0 aromatic heterocycles. The van der Waals surface area contributed by atoms with Gasteiger partial charge >= 0.3 is 0 Å². The van der Waals surface area contributed by atoms with E-state index in [1.54, 1.807) is 0 Å². The van der Waals surface area contributed by atoms with Crippen LogP contribution >= 0.6 is 0 Å². The molecular weight excluding hydrogens is 264 g/mol. The van der Waals surface area contributed by atoms with Crippen molar-refractivity contribution in [3.8, 4) is 11.5 Å². The molecule has 0 fully saturated rings. The first-order valence-electron chi connectivity index (χ1n) is 6.05. The summed E-state index contributed by atoms with van der Waals surface area (Å²) in [6, 6.07) is 2.81. The van der Waals surface area contributed by atoms with E-state index in [2.05, 4.69) is 10.6 Å². The van der Waals surface area contributed by atoms with E-state index in [1.165, 1.54) is 26.2 Å². The van der Waals surface area contributed by atoms with Gasteiger partial charge in [0.1, 0.15) is 17.5 Å². The summed E-state index contributed by atoms with van der Waals surface area (Å²) < 4.78 is 4.79. The number of methoxy groups -OCH3 is 1. The summed E-state index contributed by atoms with van der Waals surface area (Å²) >= 11 is 0. The first-order chi connectivity index (χ1) is 9.45. The third-order valence-corrected chi connectivity index (χ3v) is 2.57. The predicted octanol–water partition coefficient (Wildman–Crippen LogP) is -0.0213. The molecule has 0 aliphatic heterocycles. The topological polar surface area (TPSA) is 108 Å². The SMILES string of the molecule is COCCNC(=O)C(C)NC(=O)c1cc(O)ccc1O. The summed E-state index contributed by atoms with van der Waals surface area (Å²) in [7, 11) is 1.52. The normalized spacial score (nSPS) is 11.7. The fourth-order valence-electron chi connectivity index (χ4n) is 1.48. The minimum Gasteiger partial charge on any atom is -0.508 e. The first-order valence-corrected chi connectivity index (χ1v) is 6.05. The molecule has 1 rings (SSSR count). The first kappa shape index (κ1) is 15.8. The van der Waals surface area contributed by atoms with Crippen LogP contribution in [0, 0.1) is 0 Å². The summed E-state index contributed by atoms with van der Waals surface area (Å²) in [5.74, 6) is -1.43. The average Bonchev–Trinajstić information content (AvgIpc) is 2.41. The Bertz CT molecular complexity index is 490. The lowest BCUT2D eigenvalue weighted by Gasteiger charge is -2.14. The molecule has 0 heterocycles. The Kier molecular flexibility index (Phi) is 5.79. The van der Waals surface area contributed by atoms with Gasteiger partial charge in [0.25, 0.3) is 5.91 Å². The molecular formula is C13H18N2O5. The fourth-order valence-corrected chi connectivity index (χ4v) is 1.48. The number of amides is 2. The standard InChI is InChI=1S/C13H18N2O5/c1-8(12(18)14-5-6-20-2)15-13(19)10-7-9(16)3-4-11(10)17/h3-4,7-8,16-17H,5-6H2,1-2H3,(H,14,18)(H,15,19). The zero-order valence-electron chi connectivity index (χ0n) is 11.3. The van der Waals surface area contributed by atoms with Crippen LogP contribution < -0.4 is 10.6 Å². The lowest BCUT2D eigenvalue weighted by molar-refractivity contribution is -0.122. The van der Waals surface area contributed by atoms with Crippen molar-refractivity contribution in [2.45, 2.75) is 13.0 Å². The van der Waals surface area contributed by atoms with E-state index < -0.39 is 11.9 Å². The monoisotopic (exact) mass is 282 g/mol. The largest absolute Gasteiger partial charge is 0.508 e. The van der Waals surface area contributed by atoms with Crippen molar-refractivity contribution in [3.63, 3.8) is 0 Å². The Morgan fingerprint density at radius 3 is 2.70 bits per heavy atom. The van der Waals surface area contributed by atoms with E-state index in [-0.39, 0.29) is 23.0 Å². The van der Waals surface area contributed by atoms with Gasteiger partial charge < -0.3 is 25.6 Å². The maximum absolute atomic E-state index is 11.9. The van der Waals surface area contributed by atoms with Gasteiger partial charge in [0.2, 0.25) is 5.91 Å². The fraction of sp³-hybridized carbons (Fsp3) is 0.385. The quantitative estimate of drug-likeness (QED) is 0.433. The minimum absolute atomic E-state index is 0.0958. The molecule has 0 radical (unpaired) electrons. The number of hydrogen-bond acceptors (Lipinski definition) is 5. The van der Waals surface area contributed by atoms with Crippen LogP contribution in [-0.4, -0.2) is 48.3 Å². The van der Waals surface area contributed by atoms with Gasteiger partial charge in [-0.3, -0.25) is 9.59 Å². The van der Waals surface area contributed by atoms with Gasteiger partial charge in [-0.2, -0.15) is 0 Å². The van der Waals surface area contributed by atoms with Crippen LogP contribution in [0.15, 0.2) is 18.2 Å². The maximum atomic E-state index is 11.9. The van der Waals surface area contributed by atoms with Gasteiger partial charge in [0.15, 0.2) is 0 Å². The highest BCUT2D eigenvalue weighted by atomic mass is 16.5. The second-order valence-electron chi connectivity index (χ2n) is 4.18. The number of phenols is 2. The number of carbonyl (C=O) groups excluding carboxylic acids is 2. The Labute approximate surface area is 116 Å². The number of hydrogen-bond donors (Lipinski definition) is 4. The van der Waals surface area contributed by atoms with E-state index in [9.17, 15) is 19.8 Å². The minimum atomic E-state index is -0.777. The van der Waals surface area contributed by atoms with Crippen LogP contribution in [0.2, 0.25) is 0 Å². The molecule has 20 heavy (non-hydrogen) atoms. The Hall–Kier alpha value is -2.28. The van der Waals surface area contributed by atoms with Gasteiger partial charge in [-0.05, 0) is 25.1 Å². The third-order valence-electron chi connectivity index (χ3n) is 2.57. The van der Waals surface area contributed by atoms with E-state index in [4.69, 9.17) is 4.74 Å². The van der Waals surface area contributed by atoms with Gasteiger partial charge in [0, 0.05) is 13.7 Å². The van der Waals surface area contributed by atoms with Crippen LogP contribution in [0.1, 0.15) is 17.3 Å². The molecule has 7 nitrogen and oxygen atoms in total. The van der Waals surface area contributed by atoms with Gasteiger partial charge in [0.05, 0.1) is 12.2 Å². The number of nitrogens with one attached hydrogen (secondary N) is 2. The van der Waals surface area contributed by atoms with Crippen molar-refractivity contribution in [2.24, 2.45) is 0 Å². The lowest BCUT2D eigenvalue weighted by Crippen LogP contribution is -2.45. The smallest absolute Gasteiger partial charge is 0.255 e. The lowest BCUT2D eigenvalue weighted by atomic mass is 10.1. The molecule has 2 amide bonds. The van der Waals surface area contributed by atoms with Gasteiger partial charge in [-0.25, -0.2) is 0 Å². The number of aromatic hydroxyl groups is 2. The highest BCUT2D eigenvalue weighted by Gasteiger charge is 2.18. The van der Waals surface area contributed by atoms with Crippen molar-refractivity contribution in [1.29, 1.82) is 0 Å². The molecule has 0 saturated carbocycles. The molecule has 0 spiro atoms. The molecule has 0 aliphatic carbocycles. The number of rotatable bonds is 6. The second kappa shape index (κ2) is 7.34. The maximum Gasteiger partial charge on any atom is 0.255 e. The summed E-state index contributed by atoms with van der Waals surface area (Å²) in [4.78, 5) is 23.5. The van der Waals surface area contributed by atoms with Crippen molar-refractivity contribution in [2.75, 3.05) is 20.3 Å². The molecule has 7 heteroatoms. The molecule has 0 aliphatic rings. The summed E-state index contributed by atoms with van der Waals surface area (Å²) in [5, 5.41) is 23.8. The molecule has 1 atom stereocenters. The number of phenolic OH excluding ortho intramolecular Hbond substituents is 2.